The normalized spacial score (nSPS) is 14.3. The van der Waals surface area contributed by atoms with Crippen LogP contribution in [0.2, 0.25) is 10.0 Å². The van der Waals surface area contributed by atoms with Gasteiger partial charge in [-0.25, -0.2) is 0 Å². The fraction of sp³-hybridized carbons (Fsp3) is 0.200. The molecule has 0 radical (unpaired) electrons. The average Bonchev–Trinajstić information content (AvgIpc) is 3.08. The molecule has 1 aliphatic carbocycles. The Morgan fingerprint density at radius 3 is 2.12 bits per heavy atom. The lowest BCUT2D eigenvalue weighted by Crippen LogP contribution is -2.43. The summed E-state index contributed by atoms with van der Waals surface area (Å²) in [4.78, 5) is 24.7. The number of ether oxygens (including phenoxy) is 1. The Morgan fingerprint density at radius 1 is 0.969 bits per heavy atom. The van der Waals surface area contributed by atoms with Gasteiger partial charge in [0, 0.05) is 22.0 Å². The molecule has 3 N–H and O–H groups in total. The molecule has 4 rings (SSSR count). The minimum Gasteiger partial charge on any atom is -0.481 e. The van der Waals surface area contributed by atoms with E-state index in [0.717, 1.165) is 22.3 Å². The molecular weight excluding hydrogens is 449 g/mol. The lowest BCUT2D eigenvalue weighted by atomic mass is 9.94. The van der Waals surface area contributed by atoms with Crippen LogP contribution in [0.4, 0.5) is 0 Å². The Hall–Kier alpha value is -2.86. The van der Waals surface area contributed by atoms with Crippen molar-refractivity contribution in [2.45, 2.75) is 18.4 Å². The molecule has 7 heteroatoms. The minimum atomic E-state index is -1.52. The summed E-state index contributed by atoms with van der Waals surface area (Å²) >= 11 is 12.1. The number of carbonyl (C=O) groups is 2. The number of hydrogen-bond donors (Lipinski definition) is 2. The SMILES string of the molecule is N[C@H](Cc1ccc(Cl)cc1Cl)[C@H](C(=O)O)C(=O)OCC1c2ccccc2-c2ccccc21. The molecule has 0 bridgehead atoms. The van der Waals surface area contributed by atoms with E-state index in [1.165, 1.54) is 0 Å². The second-order valence-corrected chi connectivity index (χ2v) is 8.62. The van der Waals surface area contributed by atoms with Crippen molar-refractivity contribution in [2.24, 2.45) is 11.7 Å². The van der Waals surface area contributed by atoms with E-state index in [-0.39, 0.29) is 18.9 Å². The first kappa shape index (κ1) is 22.3. The summed E-state index contributed by atoms with van der Waals surface area (Å²) in [7, 11) is 0. The Balaban J connectivity index is 1.50. The predicted octanol–water partition coefficient (Wildman–Crippen LogP) is 4.92. The number of rotatable bonds is 7. The van der Waals surface area contributed by atoms with Crippen LogP contribution < -0.4 is 5.73 Å². The van der Waals surface area contributed by atoms with E-state index in [9.17, 15) is 14.7 Å². The molecule has 1 aliphatic rings. The second-order valence-electron chi connectivity index (χ2n) is 7.78. The van der Waals surface area contributed by atoms with E-state index in [1.807, 2.05) is 48.5 Å². The first-order valence-corrected chi connectivity index (χ1v) is 10.9. The highest BCUT2D eigenvalue weighted by Crippen LogP contribution is 2.44. The standard InChI is InChI=1S/C25H21Cl2NO4/c26-15-10-9-14(21(27)12-15)11-22(28)23(24(29)30)25(31)32-13-20-18-7-3-1-5-16(18)17-6-2-4-8-19(17)20/h1-10,12,20,22-23H,11,13,28H2,(H,29,30)/t22-,23-/m1/s1. The second kappa shape index (κ2) is 9.33. The molecule has 0 unspecified atom stereocenters. The molecule has 0 spiro atoms. The largest absolute Gasteiger partial charge is 0.481 e. The first-order chi connectivity index (χ1) is 15.4. The lowest BCUT2D eigenvalue weighted by Gasteiger charge is -2.21. The summed E-state index contributed by atoms with van der Waals surface area (Å²) in [5, 5.41) is 10.5. The Labute approximate surface area is 195 Å². The Morgan fingerprint density at radius 2 is 1.56 bits per heavy atom. The van der Waals surface area contributed by atoms with Gasteiger partial charge in [-0.3, -0.25) is 9.59 Å². The zero-order valence-electron chi connectivity index (χ0n) is 17.0. The van der Waals surface area contributed by atoms with Crippen molar-refractivity contribution in [3.63, 3.8) is 0 Å². The molecule has 0 saturated carbocycles. The molecule has 0 saturated heterocycles. The van der Waals surface area contributed by atoms with Crippen molar-refractivity contribution in [1.29, 1.82) is 0 Å². The van der Waals surface area contributed by atoms with E-state index in [0.29, 0.717) is 15.6 Å². The highest BCUT2D eigenvalue weighted by atomic mass is 35.5. The van der Waals surface area contributed by atoms with Crippen LogP contribution in [0.15, 0.2) is 66.7 Å². The number of fused-ring (bicyclic) bond motifs is 3. The van der Waals surface area contributed by atoms with Gasteiger partial charge >= 0.3 is 11.9 Å². The van der Waals surface area contributed by atoms with Crippen molar-refractivity contribution in [3.05, 3.63) is 93.5 Å². The van der Waals surface area contributed by atoms with E-state index >= 15 is 0 Å². The van der Waals surface area contributed by atoms with Crippen LogP contribution in [-0.2, 0) is 20.7 Å². The monoisotopic (exact) mass is 469 g/mol. The summed E-state index contributed by atoms with van der Waals surface area (Å²) in [6.07, 6.45) is 0.0944. The predicted molar refractivity (Wildman–Crippen MR) is 124 cm³/mol. The van der Waals surface area contributed by atoms with Gasteiger partial charge in [-0.15, -0.1) is 0 Å². The number of carboxylic acid groups (broad SMARTS) is 1. The van der Waals surface area contributed by atoms with Crippen LogP contribution >= 0.6 is 23.2 Å². The number of nitrogens with two attached hydrogens (primary N) is 1. The van der Waals surface area contributed by atoms with Crippen LogP contribution in [-0.4, -0.2) is 29.7 Å². The lowest BCUT2D eigenvalue weighted by molar-refractivity contribution is -0.159. The topological polar surface area (TPSA) is 89.6 Å². The maximum Gasteiger partial charge on any atom is 0.321 e. The number of benzene rings is 3. The van der Waals surface area contributed by atoms with E-state index in [1.54, 1.807) is 18.2 Å². The zero-order chi connectivity index (χ0) is 22.8. The van der Waals surface area contributed by atoms with E-state index in [4.69, 9.17) is 33.7 Å². The number of carboxylic acids is 1. The van der Waals surface area contributed by atoms with E-state index < -0.39 is 23.9 Å². The molecule has 2 atom stereocenters. The average molecular weight is 470 g/mol. The molecule has 0 heterocycles. The summed E-state index contributed by atoms with van der Waals surface area (Å²) in [6, 6.07) is 19.7. The summed E-state index contributed by atoms with van der Waals surface area (Å²) < 4.78 is 5.52. The Kier molecular flexibility index (Phi) is 6.51. The van der Waals surface area contributed by atoms with Gasteiger partial charge in [-0.05, 0) is 46.4 Å². The van der Waals surface area contributed by atoms with Gasteiger partial charge in [0.1, 0.15) is 6.61 Å². The quantitative estimate of drug-likeness (QED) is 0.378. The number of carbonyl (C=O) groups excluding carboxylic acids is 1. The molecule has 0 aromatic heterocycles. The van der Waals surface area contributed by atoms with Crippen LogP contribution in [0.5, 0.6) is 0 Å². The third-order valence-electron chi connectivity index (χ3n) is 5.77. The van der Waals surface area contributed by atoms with Crippen molar-refractivity contribution in [1.82, 2.24) is 0 Å². The van der Waals surface area contributed by atoms with Gasteiger partial charge in [-0.1, -0.05) is 77.8 Å². The number of halogens is 2. The third-order valence-corrected chi connectivity index (χ3v) is 6.36. The Bertz CT molecular complexity index is 1130. The molecular formula is C25H21Cl2NO4. The molecule has 0 aliphatic heterocycles. The van der Waals surface area contributed by atoms with Crippen LogP contribution in [0, 0.1) is 5.92 Å². The van der Waals surface area contributed by atoms with Gasteiger partial charge in [0.2, 0.25) is 0 Å². The van der Waals surface area contributed by atoms with Crippen molar-refractivity contribution in [3.8, 4) is 11.1 Å². The fourth-order valence-corrected chi connectivity index (χ4v) is 4.70. The third kappa shape index (κ3) is 4.37. The van der Waals surface area contributed by atoms with E-state index in [2.05, 4.69) is 0 Å². The zero-order valence-corrected chi connectivity index (χ0v) is 18.5. The summed E-state index contributed by atoms with van der Waals surface area (Å²) in [5.74, 6) is -3.88. The van der Waals surface area contributed by atoms with Crippen LogP contribution in [0.1, 0.15) is 22.6 Å². The molecule has 5 nitrogen and oxygen atoms in total. The molecule has 0 fully saturated rings. The molecule has 0 amide bonds. The summed E-state index contributed by atoms with van der Waals surface area (Å²) in [5.41, 5.74) is 11.0. The maximum atomic E-state index is 12.8. The highest BCUT2D eigenvalue weighted by Gasteiger charge is 2.36. The molecule has 3 aromatic carbocycles. The molecule has 3 aromatic rings. The number of hydrogen-bond acceptors (Lipinski definition) is 4. The maximum absolute atomic E-state index is 12.8. The van der Waals surface area contributed by atoms with Gasteiger partial charge in [0.15, 0.2) is 5.92 Å². The van der Waals surface area contributed by atoms with Gasteiger partial charge < -0.3 is 15.6 Å². The van der Waals surface area contributed by atoms with Crippen molar-refractivity contribution < 1.29 is 19.4 Å². The van der Waals surface area contributed by atoms with Gasteiger partial charge in [0.25, 0.3) is 0 Å². The summed E-state index contributed by atoms with van der Waals surface area (Å²) in [6.45, 7) is 0.0328. The first-order valence-electron chi connectivity index (χ1n) is 10.1. The van der Waals surface area contributed by atoms with Crippen molar-refractivity contribution in [2.75, 3.05) is 6.61 Å². The minimum absolute atomic E-state index is 0.0328. The number of aliphatic carboxylic acids is 1. The van der Waals surface area contributed by atoms with Crippen LogP contribution in [0.3, 0.4) is 0 Å². The fourth-order valence-electron chi connectivity index (χ4n) is 4.21. The van der Waals surface area contributed by atoms with Gasteiger partial charge in [0.05, 0.1) is 0 Å². The smallest absolute Gasteiger partial charge is 0.321 e. The highest BCUT2D eigenvalue weighted by molar-refractivity contribution is 6.35. The van der Waals surface area contributed by atoms with Crippen LogP contribution in [0.25, 0.3) is 11.1 Å². The molecule has 164 valence electrons. The van der Waals surface area contributed by atoms with Crippen molar-refractivity contribution >= 4 is 35.1 Å². The molecule has 32 heavy (non-hydrogen) atoms. The van der Waals surface area contributed by atoms with Gasteiger partial charge in [-0.2, -0.15) is 0 Å². The number of esters is 1.